The SMILES string of the molecule is NCc1ccc(N(N)C(=O)OCc2ccccc2)cc1. The third-order valence-electron chi connectivity index (χ3n) is 2.85. The van der Waals surface area contributed by atoms with Gasteiger partial charge in [0.15, 0.2) is 0 Å². The summed E-state index contributed by atoms with van der Waals surface area (Å²) in [6.45, 7) is 0.636. The summed E-state index contributed by atoms with van der Waals surface area (Å²) in [5, 5.41) is 0.975. The molecule has 0 aliphatic rings. The fourth-order valence-electron chi connectivity index (χ4n) is 1.69. The van der Waals surface area contributed by atoms with Crippen molar-refractivity contribution in [1.29, 1.82) is 0 Å². The zero-order valence-corrected chi connectivity index (χ0v) is 11.0. The van der Waals surface area contributed by atoms with Crippen molar-refractivity contribution in [2.75, 3.05) is 5.01 Å². The molecule has 0 spiro atoms. The first kappa shape index (κ1) is 14.0. The molecule has 0 aliphatic carbocycles. The Balaban J connectivity index is 1.94. The molecule has 0 aliphatic heterocycles. The number of hydrogen-bond acceptors (Lipinski definition) is 4. The van der Waals surface area contributed by atoms with Gasteiger partial charge in [0.25, 0.3) is 0 Å². The number of hydrogen-bond donors (Lipinski definition) is 2. The van der Waals surface area contributed by atoms with Gasteiger partial charge in [-0.1, -0.05) is 42.5 Å². The maximum absolute atomic E-state index is 11.8. The number of nitrogens with two attached hydrogens (primary N) is 2. The monoisotopic (exact) mass is 271 g/mol. The van der Waals surface area contributed by atoms with E-state index in [0.29, 0.717) is 12.2 Å². The number of anilines is 1. The normalized spacial score (nSPS) is 10.1. The number of nitrogens with zero attached hydrogens (tertiary/aromatic N) is 1. The predicted octanol–water partition coefficient (Wildman–Crippen LogP) is 2.16. The summed E-state index contributed by atoms with van der Waals surface area (Å²) in [4.78, 5) is 11.8. The molecule has 0 radical (unpaired) electrons. The van der Waals surface area contributed by atoms with Gasteiger partial charge in [0, 0.05) is 6.54 Å². The second-order valence-electron chi connectivity index (χ2n) is 4.28. The zero-order chi connectivity index (χ0) is 14.4. The Kier molecular flexibility index (Phi) is 4.70. The quantitative estimate of drug-likeness (QED) is 0.507. The summed E-state index contributed by atoms with van der Waals surface area (Å²) in [6.07, 6.45) is -0.602. The van der Waals surface area contributed by atoms with Crippen LogP contribution < -0.4 is 16.6 Å². The summed E-state index contributed by atoms with van der Waals surface area (Å²) in [6, 6.07) is 16.5. The van der Waals surface area contributed by atoms with Gasteiger partial charge in [-0.25, -0.2) is 15.6 Å². The van der Waals surface area contributed by atoms with E-state index in [4.69, 9.17) is 16.3 Å². The van der Waals surface area contributed by atoms with Crippen molar-refractivity contribution >= 4 is 11.8 Å². The van der Waals surface area contributed by atoms with Crippen LogP contribution in [0.5, 0.6) is 0 Å². The van der Waals surface area contributed by atoms with Crippen molar-refractivity contribution in [2.24, 2.45) is 11.6 Å². The molecule has 4 N–H and O–H groups in total. The molecular weight excluding hydrogens is 254 g/mol. The molecule has 104 valence electrons. The first-order valence-electron chi connectivity index (χ1n) is 6.25. The Labute approximate surface area is 117 Å². The molecule has 5 nitrogen and oxygen atoms in total. The Hall–Kier alpha value is -2.37. The van der Waals surface area contributed by atoms with Gasteiger partial charge >= 0.3 is 6.09 Å². The maximum atomic E-state index is 11.8. The van der Waals surface area contributed by atoms with Crippen molar-refractivity contribution in [3.05, 3.63) is 65.7 Å². The number of hydrazine groups is 1. The summed E-state index contributed by atoms with van der Waals surface area (Å²) in [7, 11) is 0. The molecule has 0 heterocycles. The number of ether oxygens (including phenoxy) is 1. The van der Waals surface area contributed by atoms with E-state index in [1.165, 1.54) is 0 Å². The molecular formula is C15H17N3O2. The molecule has 0 fully saturated rings. The van der Waals surface area contributed by atoms with Crippen LogP contribution in [0.4, 0.5) is 10.5 Å². The van der Waals surface area contributed by atoms with Gasteiger partial charge in [0.2, 0.25) is 0 Å². The number of benzene rings is 2. The Morgan fingerprint density at radius 1 is 1.00 bits per heavy atom. The summed E-state index contributed by atoms with van der Waals surface area (Å²) in [5.74, 6) is 5.72. The average Bonchev–Trinajstić information content (AvgIpc) is 2.53. The minimum atomic E-state index is -0.602. The van der Waals surface area contributed by atoms with Crippen LogP contribution in [0.3, 0.4) is 0 Å². The van der Waals surface area contributed by atoms with E-state index in [2.05, 4.69) is 0 Å². The fraction of sp³-hybridized carbons (Fsp3) is 0.133. The largest absolute Gasteiger partial charge is 0.443 e. The lowest BCUT2D eigenvalue weighted by atomic mass is 10.2. The molecule has 2 rings (SSSR count). The van der Waals surface area contributed by atoms with Gasteiger partial charge in [-0.05, 0) is 23.3 Å². The second-order valence-corrected chi connectivity index (χ2v) is 4.28. The van der Waals surface area contributed by atoms with Crippen molar-refractivity contribution in [3.8, 4) is 0 Å². The lowest BCUT2D eigenvalue weighted by Gasteiger charge is -2.16. The van der Waals surface area contributed by atoms with Gasteiger partial charge in [-0.3, -0.25) is 0 Å². The van der Waals surface area contributed by atoms with Crippen LogP contribution in [-0.2, 0) is 17.9 Å². The minimum Gasteiger partial charge on any atom is -0.443 e. The van der Waals surface area contributed by atoms with Crippen molar-refractivity contribution in [2.45, 2.75) is 13.2 Å². The lowest BCUT2D eigenvalue weighted by molar-refractivity contribution is 0.147. The van der Waals surface area contributed by atoms with E-state index in [1.54, 1.807) is 12.1 Å². The van der Waals surface area contributed by atoms with E-state index in [0.717, 1.165) is 16.1 Å². The van der Waals surface area contributed by atoms with Crippen LogP contribution in [-0.4, -0.2) is 6.09 Å². The molecule has 20 heavy (non-hydrogen) atoms. The Bertz CT molecular complexity index is 555. The molecule has 2 aromatic carbocycles. The van der Waals surface area contributed by atoms with E-state index < -0.39 is 6.09 Å². The highest BCUT2D eigenvalue weighted by molar-refractivity contribution is 5.86. The van der Waals surface area contributed by atoms with Gasteiger partial charge in [0.1, 0.15) is 6.61 Å². The smallest absolute Gasteiger partial charge is 0.429 e. The van der Waals surface area contributed by atoms with Crippen LogP contribution >= 0.6 is 0 Å². The molecule has 0 aromatic heterocycles. The van der Waals surface area contributed by atoms with Gasteiger partial charge in [-0.15, -0.1) is 0 Å². The first-order valence-corrected chi connectivity index (χ1v) is 6.25. The molecule has 0 saturated carbocycles. The standard InChI is InChI=1S/C15H17N3O2/c16-10-12-6-8-14(9-7-12)18(17)15(19)20-11-13-4-2-1-3-5-13/h1-9H,10-11,16-17H2. The van der Waals surface area contributed by atoms with E-state index in [-0.39, 0.29) is 6.61 Å². The molecule has 5 heteroatoms. The second kappa shape index (κ2) is 6.70. The van der Waals surface area contributed by atoms with Crippen molar-refractivity contribution in [1.82, 2.24) is 0 Å². The zero-order valence-electron chi connectivity index (χ0n) is 11.0. The third kappa shape index (κ3) is 3.57. The summed E-state index contributed by atoms with van der Waals surface area (Å²) < 4.78 is 5.14. The lowest BCUT2D eigenvalue weighted by Crippen LogP contribution is -2.37. The van der Waals surface area contributed by atoms with Crippen LogP contribution in [0.15, 0.2) is 54.6 Å². The number of amides is 1. The van der Waals surface area contributed by atoms with Crippen molar-refractivity contribution in [3.63, 3.8) is 0 Å². The highest BCUT2D eigenvalue weighted by Crippen LogP contribution is 2.13. The Morgan fingerprint density at radius 3 is 2.25 bits per heavy atom. The molecule has 0 atom stereocenters. The van der Waals surface area contributed by atoms with E-state index in [9.17, 15) is 4.79 Å². The van der Waals surface area contributed by atoms with Crippen LogP contribution in [0.25, 0.3) is 0 Å². The molecule has 0 bridgehead atoms. The van der Waals surface area contributed by atoms with E-state index >= 15 is 0 Å². The molecule has 0 saturated heterocycles. The fourth-order valence-corrected chi connectivity index (χ4v) is 1.69. The van der Waals surface area contributed by atoms with Crippen LogP contribution in [0.1, 0.15) is 11.1 Å². The molecule has 1 amide bonds. The predicted molar refractivity (Wildman–Crippen MR) is 77.6 cm³/mol. The first-order chi connectivity index (χ1) is 9.70. The van der Waals surface area contributed by atoms with E-state index in [1.807, 2.05) is 42.5 Å². The van der Waals surface area contributed by atoms with Gasteiger partial charge in [0.05, 0.1) is 5.69 Å². The van der Waals surface area contributed by atoms with Crippen LogP contribution in [0, 0.1) is 0 Å². The summed E-state index contributed by atoms with van der Waals surface area (Å²) >= 11 is 0. The third-order valence-corrected chi connectivity index (χ3v) is 2.85. The molecule has 0 unspecified atom stereocenters. The number of carbonyl (C=O) groups excluding carboxylic acids is 1. The summed E-state index contributed by atoms with van der Waals surface area (Å²) in [5.41, 5.74) is 7.95. The highest BCUT2D eigenvalue weighted by atomic mass is 16.6. The van der Waals surface area contributed by atoms with Crippen LogP contribution in [0.2, 0.25) is 0 Å². The van der Waals surface area contributed by atoms with Crippen molar-refractivity contribution < 1.29 is 9.53 Å². The highest BCUT2D eigenvalue weighted by Gasteiger charge is 2.13. The maximum Gasteiger partial charge on any atom is 0.429 e. The average molecular weight is 271 g/mol. The number of carbonyl (C=O) groups is 1. The number of rotatable bonds is 4. The Morgan fingerprint density at radius 2 is 1.65 bits per heavy atom. The van der Waals surface area contributed by atoms with Gasteiger partial charge in [-0.2, -0.15) is 0 Å². The topological polar surface area (TPSA) is 81.6 Å². The minimum absolute atomic E-state index is 0.189. The molecule has 2 aromatic rings. The van der Waals surface area contributed by atoms with Gasteiger partial charge < -0.3 is 10.5 Å².